The molecule has 0 atom stereocenters. The van der Waals surface area contributed by atoms with Gasteiger partial charge >= 0.3 is 0 Å². The molecule has 0 bridgehead atoms. The van der Waals surface area contributed by atoms with E-state index in [2.05, 4.69) is 17.6 Å². The second-order valence-electron chi connectivity index (χ2n) is 1.46. The molecular formula is C5H9N3S. The maximum Gasteiger partial charge on any atom is 0.0504 e. The molecule has 0 radical (unpaired) electrons. The Balaban J connectivity index is 2.28. The van der Waals surface area contributed by atoms with E-state index in [-0.39, 0.29) is 0 Å². The van der Waals surface area contributed by atoms with Crippen LogP contribution >= 0.6 is 11.9 Å². The zero-order valence-electron chi connectivity index (χ0n) is 5.24. The maximum atomic E-state index is 3.82. The van der Waals surface area contributed by atoms with E-state index in [4.69, 9.17) is 0 Å². The summed E-state index contributed by atoms with van der Waals surface area (Å²) in [6.45, 7) is 2.10. The lowest BCUT2D eigenvalue weighted by Crippen LogP contribution is -2.24. The number of nitrogens with zero attached hydrogens (tertiary/aromatic N) is 2. The monoisotopic (exact) mass is 143 g/mol. The van der Waals surface area contributed by atoms with E-state index in [1.54, 1.807) is 18.2 Å². The van der Waals surface area contributed by atoms with Gasteiger partial charge in [0.2, 0.25) is 0 Å². The van der Waals surface area contributed by atoms with Crippen LogP contribution in [0.4, 0.5) is 0 Å². The minimum atomic E-state index is 1.05. The first-order valence-corrected chi connectivity index (χ1v) is 3.75. The number of hydrogen-bond donors (Lipinski definition) is 1. The number of hydrogen-bond acceptors (Lipinski definition) is 4. The molecule has 0 aliphatic carbocycles. The molecule has 1 aliphatic rings. The van der Waals surface area contributed by atoms with Crippen molar-refractivity contribution in [1.82, 2.24) is 9.95 Å². The Kier molecular flexibility index (Phi) is 2.45. The van der Waals surface area contributed by atoms with Crippen molar-refractivity contribution in [3.05, 3.63) is 12.3 Å². The maximum absolute atomic E-state index is 3.82. The zero-order valence-corrected chi connectivity index (χ0v) is 6.06. The molecule has 0 amide bonds. The Morgan fingerprint density at radius 3 is 3.22 bits per heavy atom. The molecule has 1 N–H and O–H groups in total. The summed E-state index contributed by atoms with van der Waals surface area (Å²) >= 11 is 1.67. The van der Waals surface area contributed by atoms with Crippen LogP contribution in [0.3, 0.4) is 0 Å². The van der Waals surface area contributed by atoms with Crippen molar-refractivity contribution in [2.45, 2.75) is 6.92 Å². The largest absolute Gasteiger partial charge is 0.221 e. The van der Waals surface area contributed by atoms with Crippen LogP contribution in [-0.2, 0) is 0 Å². The van der Waals surface area contributed by atoms with Gasteiger partial charge < -0.3 is 0 Å². The molecule has 1 rings (SSSR count). The van der Waals surface area contributed by atoms with Crippen molar-refractivity contribution in [1.29, 1.82) is 0 Å². The van der Waals surface area contributed by atoms with E-state index in [1.165, 1.54) is 0 Å². The average Bonchev–Trinajstić information content (AvgIpc) is 1.91. The highest BCUT2D eigenvalue weighted by molar-refractivity contribution is 7.97. The molecule has 0 fully saturated rings. The number of hydrazine groups is 1. The SMILES string of the molecule is CCSN1C=CC=NN1. The molecular weight excluding hydrogens is 134 g/mol. The van der Waals surface area contributed by atoms with Gasteiger partial charge in [0.05, 0.1) is 6.21 Å². The quantitative estimate of drug-likeness (QED) is 0.584. The lowest BCUT2D eigenvalue weighted by molar-refractivity contribution is 0.467. The van der Waals surface area contributed by atoms with Crippen LogP contribution in [0.25, 0.3) is 0 Å². The van der Waals surface area contributed by atoms with Gasteiger partial charge in [-0.2, -0.15) is 5.10 Å². The fourth-order valence-corrected chi connectivity index (χ4v) is 1.03. The lowest BCUT2D eigenvalue weighted by atomic mass is 10.7. The Hall–Kier alpha value is -0.640. The highest BCUT2D eigenvalue weighted by Gasteiger charge is 1.95. The second kappa shape index (κ2) is 3.40. The lowest BCUT2D eigenvalue weighted by Gasteiger charge is -2.17. The molecule has 1 aliphatic heterocycles. The second-order valence-corrected chi connectivity index (χ2v) is 2.69. The van der Waals surface area contributed by atoms with Gasteiger partial charge in [-0.3, -0.25) is 0 Å². The smallest absolute Gasteiger partial charge is 0.0504 e. The molecule has 1 heterocycles. The first-order chi connectivity index (χ1) is 4.43. The van der Waals surface area contributed by atoms with Crippen LogP contribution in [0.5, 0.6) is 0 Å². The third-order valence-electron chi connectivity index (χ3n) is 0.807. The van der Waals surface area contributed by atoms with Crippen molar-refractivity contribution in [2.75, 3.05) is 5.75 Å². The van der Waals surface area contributed by atoms with Crippen LogP contribution in [0.1, 0.15) is 6.92 Å². The highest BCUT2D eigenvalue weighted by Crippen LogP contribution is 2.06. The van der Waals surface area contributed by atoms with Gasteiger partial charge in [0.1, 0.15) is 0 Å². The highest BCUT2D eigenvalue weighted by atomic mass is 32.2. The van der Waals surface area contributed by atoms with Gasteiger partial charge in [0, 0.05) is 12.0 Å². The fourth-order valence-electron chi connectivity index (χ4n) is 0.494. The summed E-state index contributed by atoms with van der Waals surface area (Å²) in [7, 11) is 0. The molecule has 0 unspecified atom stereocenters. The Morgan fingerprint density at radius 1 is 1.78 bits per heavy atom. The zero-order chi connectivity index (χ0) is 6.53. The molecule has 9 heavy (non-hydrogen) atoms. The van der Waals surface area contributed by atoms with Gasteiger partial charge in [-0.15, -0.1) is 0 Å². The Bertz CT molecular complexity index is 132. The van der Waals surface area contributed by atoms with E-state index in [0.717, 1.165) is 5.75 Å². The third kappa shape index (κ3) is 1.97. The predicted octanol–water partition coefficient (Wildman–Crippen LogP) is 0.974. The van der Waals surface area contributed by atoms with Crippen LogP contribution in [0.15, 0.2) is 17.4 Å². The summed E-state index contributed by atoms with van der Waals surface area (Å²) in [5.74, 6) is 1.05. The van der Waals surface area contributed by atoms with Crippen LogP contribution in [-0.4, -0.2) is 16.4 Å². The fraction of sp³-hybridized carbons (Fsp3) is 0.400. The summed E-state index contributed by atoms with van der Waals surface area (Å²) in [5, 5.41) is 3.82. The molecule has 0 aromatic rings. The average molecular weight is 143 g/mol. The number of rotatable bonds is 2. The predicted molar refractivity (Wildman–Crippen MR) is 40.7 cm³/mol. The molecule has 50 valence electrons. The van der Waals surface area contributed by atoms with Crippen LogP contribution < -0.4 is 5.53 Å². The summed E-state index contributed by atoms with van der Waals surface area (Å²) in [4.78, 5) is 0. The topological polar surface area (TPSA) is 27.6 Å². The molecule has 0 aromatic heterocycles. The number of allylic oxidation sites excluding steroid dienone is 1. The summed E-state index contributed by atoms with van der Waals surface area (Å²) in [5.41, 5.74) is 2.80. The van der Waals surface area contributed by atoms with Gasteiger partial charge in [0.25, 0.3) is 0 Å². The van der Waals surface area contributed by atoms with Crippen molar-refractivity contribution in [2.24, 2.45) is 5.10 Å². The Labute approximate surface area is 58.9 Å². The molecule has 0 spiro atoms. The summed E-state index contributed by atoms with van der Waals surface area (Å²) < 4.78 is 1.86. The van der Waals surface area contributed by atoms with Crippen molar-refractivity contribution < 1.29 is 0 Å². The first-order valence-electron chi connectivity index (χ1n) is 2.81. The van der Waals surface area contributed by atoms with E-state index in [9.17, 15) is 0 Å². The molecule has 0 saturated heterocycles. The minimum Gasteiger partial charge on any atom is -0.221 e. The summed E-state index contributed by atoms with van der Waals surface area (Å²) in [6, 6.07) is 0. The van der Waals surface area contributed by atoms with Crippen molar-refractivity contribution >= 4 is 18.2 Å². The van der Waals surface area contributed by atoms with E-state index < -0.39 is 0 Å². The van der Waals surface area contributed by atoms with Gasteiger partial charge in [0.15, 0.2) is 0 Å². The molecule has 0 saturated carbocycles. The van der Waals surface area contributed by atoms with Crippen molar-refractivity contribution in [3.63, 3.8) is 0 Å². The standard InChI is InChI=1S/C5H9N3S/c1-2-9-8-5-3-4-6-7-8/h3-5,7H,2H2,1H3. The first kappa shape index (κ1) is 6.48. The number of hydrazone groups is 1. The van der Waals surface area contributed by atoms with Crippen LogP contribution in [0.2, 0.25) is 0 Å². The Morgan fingerprint density at radius 2 is 2.67 bits per heavy atom. The minimum absolute atomic E-state index is 1.05. The molecule has 3 nitrogen and oxygen atoms in total. The summed E-state index contributed by atoms with van der Waals surface area (Å²) in [6.07, 6.45) is 5.53. The third-order valence-corrected chi connectivity index (χ3v) is 1.55. The van der Waals surface area contributed by atoms with E-state index in [0.29, 0.717) is 0 Å². The van der Waals surface area contributed by atoms with Gasteiger partial charge in [-0.05, 0) is 18.0 Å². The van der Waals surface area contributed by atoms with Gasteiger partial charge in [-0.25, -0.2) is 9.95 Å². The van der Waals surface area contributed by atoms with E-state index >= 15 is 0 Å². The van der Waals surface area contributed by atoms with Crippen LogP contribution in [0, 0.1) is 0 Å². The normalized spacial score (nSPS) is 15.9. The molecule has 4 heteroatoms. The number of nitrogens with one attached hydrogen (secondary N) is 1. The molecule has 0 aromatic carbocycles. The van der Waals surface area contributed by atoms with E-state index in [1.807, 2.05) is 16.7 Å². The van der Waals surface area contributed by atoms with Gasteiger partial charge in [-0.1, -0.05) is 6.92 Å². The van der Waals surface area contributed by atoms with Crippen molar-refractivity contribution in [3.8, 4) is 0 Å².